The first kappa shape index (κ1) is 24.6. The van der Waals surface area contributed by atoms with Crippen molar-refractivity contribution in [3.8, 4) is 23.0 Å². The molecular weight excluding hydrogens is 447 g/mol. The van der Waals surface area contributed by atoms with Gasteiger partial charge in [0.2, 0.25) is 0 Å². The van der Waals surface area contributed by atoms with Gasteiger partial charge in [-0.25, -0.2) is 0 Å². The Morgan fingerprint density at radius 1 is 1.00 bits per heavy atom. The fourth-order valence-electron chi connectivity index (χ4n) is 3.76. The zero-order valence-corrected chi connectivity index (χ0v) is 21.1. The molecule has 174 valence electrons. The van der Waals surface area contributed by atoms with Gasteiger partial charge in [0.25, 0.3) is 0 Å². The van der Waals surface area contributed by atoms with Crippen LogP contribution in [0.4, 0.5) is 0 Å². The molecule has 1 heterocycles. The van der Waals surface area contributed by atoms with Crippen LogP contribution in [0.25, 0.3) is 6.08 Å². The van der Waals surface area contributed by atoms with Gasteiger partial charge in [-0.2, -0.15) is 0 Å². The molecule has 0 saturated heterocycles. The van der Waals surface area contributed by atoms with Crippen molar-refractivity contribution in [2.45, 2.75) is 39.7 Å². The fourth-order valence-corrected chi connectivity index (χ4v) is 5.84. The van der Waals surface area contributed by atoms with E-state index in [4.69, 9.17) is 39.6 Å². The largest absolute Gasteiger partial charge is 0.493 e. The number of rotatable bonds is 10. The summed E-state index contributed by atoms with van der Waals surface area (Å²) in [6, 6.07) is 9.84. The third-order valence-corrected chi connectivity index (χ3v) is 7.60. The lowest BCUT2D eigenvalue weighted by molar-refractivity contribution is 0.207. The molecule has 3 rings (SSSR count). The average molecular weight is 479 g/mol. The van der Waals surface area contributed by atoms with Crippen molar-refractivity contribution in [1.29, 1.82) is 0 Å². The third-order valence-electron chi connectivity index (χ3n) is 5.18. The standard InChI is InChI=1S/C24H31O6PS/c1-7-10-17-13-19-16(4)23(29-24(19)22(14-17)26-6)18-11-12-20(21(15-18)25-5)30-31(32,27-8-2)28-9-3/h7,10-16,23H,8-9H2,1-6H3/b10-7+. The summed E-state index contributed by atoms with van der Waals surface area (Å²) in [5.41, 5.74) is 3.16. The summed E-state index contributed by atoms with van der Waals surface area (Å²) in [5, 5.41) is 0. The minimum atomic E-state index is -2.91. The fraction of sp³-hybridized carbons (Fsp3) is 0.417. The maximum absolute atomic E-state index is 6.37. The SMILES string of the molecule is C/C=C/c1cc(OC)c2c(c1)C(C)C(c1ccc(OP(=S)(OCC)OCC)c(OC)c1)O2. The molecule has 6 nitrogen and oxygen atoms in total. The first-order chi connectivity index (χ1) is 15.4. The molecule has 0 saturated carbocycles. The van der Waals surface area contributed by atoms with Gasteiger partial charge in [-0.1, -0.05) is 25.1 Å². The molecule has 0 amide bonds. The van der Waals surface area contributed by atoms with Crippen LogP contribution in [-0.4, -0.2) is 27.4 Å². The predicted molar refractivity (Wildman–Crippen MR) is 131 cm³/mol. The summed E-state index contributed by atoms with van der Waals surface area (Å²) >= 11 is 5.50. The first-order valence-electron chi connectivity index (χ1n) is 10.7. The zero-order chi connectivity index (χ0) is 23.3. The van der Waals surface area contributed by atoms with Crippen LogP contribution in [0, 0.1) is 0 Å². The van der Waals surface area contributed by atoms with Crippen LogP contribution in [-0.2, 0) is 20.9 Å². The van der Waals surface area contributed by atoms with Crippen molar-refractivity contribution < 1.29 is 27.8 Å². The van der Waals surface area contributed by atoms with Gasteiger partial charge in [0.15, 0.2) is 23.0 Å². The second-order valence-corrected chi connectivity index (χ2v) is 10.2. The number of fused-ring (bicyclic) bond motifs is 1. The van der Waals surface area contributed by atoms with Gasteiger partial charge in [0.05, 0.1) is 27.4 Å². The molecule has 2 aromatic rings. The molecule has 0 N–H and O–H groups in total. The van der Waals surface area contributed by atoms with E-state index in [0.29, 0.717) is 24.7 Å². The molecule has 0 spiro atoms. The van der Waals surface area contributed by atoms with E-state index < -0.39 is 6.72 Å². The lowest BCUT2D eigenvalue weighted by atomic mass is 9.91. The monoisotopic (exact) mass is 478 g/mol. The van der Waals surface area contributed by atoms with Crippen molar-refractivity contribution in [2.75, 3.05) is 27.4 Å². The second-order valence-electron chi connectivity index (χ2n) is 7.25. The molecule has 0 radical (unpaired) electrons. The number of hydrogen-bond donors (Lipinski definition) is 0. The summed E-state index contributed by atoms with van der Waals surface area (Å²) in [7, 11) is 3.25. The van der Waals surface area contributed by atoms with Crippen LogP contribution < -0.4 is 18.7 Å². The molecule has 2 unspecified atom stereocenters. The highest BCUT2D eigenvalue weighted by molar-refractivity contribution is 8.07. The molecule has 1 aliphatic heterocycles. The quantitative estimate of drug-likeness (QED) is 0.354. The van der Waals surface area contributed by atoms with Crippen LogP contribution >= 0.6 is 6.72 Å². The summed E-state index contributed by atoms with van der Waals surface area (Å²) in [6.45, 7) is 5.76. The first-order valence-corrected chi connectivity index (χ1v) is 13.2. The minimum absolute atomic E-state index is 0.123. The van der Waals surface area contributed by atoms with Gasteiger partial charge in [0.1, 0.15) is 6.10 Å². The molecule has 0 fully saturated rings. The maximum Gasteiger partial charge on any atom is 0.380 e. The van der Waals surface area contributed by atoms with E-state index in [1.807, 2.05) is 51.1 Å². The van der Waals surface area contributed by atoms with Crippen LogP contribution in [0.1, 0.15) is 56.4 Å². The molecule has 0 aromatic heterocycles. The van der Waals surface area contributed by atoms with Crippen molar-refractivity contribution in [2.24, 2.45) is 0 Å². The molecule has 2 atom stereocenters. The second kappa shape index (κ2) is 10.7. The van der Waals surface area contributed by atoms with Crippen molar-refractivity contribution in [1.82, 2.24) is 0 Å². The summed E-state index contributed by atoms with van der Waals surface area (Å²) in [4.78, 5) is 0. The van der Waals surface area contributed by atoms with E-state index in [2.05, 4.69) is 19.1 Å². The predicted octanol–water partition coefficient (Wildman–Crippen LogP) is 6.65. The van der Waals surface area contributed by atoms with Crippen LogP contribution in [0.5, 0.6) is 23.0 Å². The van der Waals surface area contributed by atoms with Gasteiger partial charge in [0, 0.05) is 23.3 Å². The minimum Gasteiger partial charge on any atom is -0.493 e. The highest BCUT2D eigenvalue weighted by Gasteiger charge is 2.35. The topological polar surface area (TPSA) is 55.4 Å². The number of benzene rings is 2. The van der Waals surface area contributed by atoms with Gasteiger partial charge in [-0.15, -0.1) is 0 Å². The van der Waals surface area contributed by atoms with E-state index in [1.165, 1.54) is 0 Å². The van der Waals surface area contributed by atoms with Crippen molar-refractivity contribution >= 4 is 24.6 Å². The summed E-state index contributed by atoms with van der Waals surface area (Å²) in [5.74, 6) is 2.66. The Hall–Kier alpha value is -2.05. The highest BCUT2D eigenvalue weighted by atomic mass is 32.5. The van der Waals surface area contributed by atoms with Gasteiger partial charge < -0.3 is 18.7 Å². The Morgan fingerprint density at radius 3 is 2.28 bits per heavy atom. The van der Waals surface area contributed by atoms with Crippen molar-refractivity contribution in [3.63, 3.8) is 0 Å². The van der Waals surface area contributed by atoms with E-state index in [0.717, 1.165) is 28.2 Å². The normalized spacial score (nSPS) is 17.8. The maximum atomic E-state index is 6.37. The molecular formula is C24H31O6PS. The number of methoxy groups -OCH3 is 2. The van der Waals surface area contributed by atoms with Crippen LogP contribution in [0.15, 0.2) is 36.4 Å². The van der Waals surface area contributed by atoms with Gasteiger partial charge in [-0.3, -0.25) is 9.05 Å². The van der Waals surface area contributed by atoms with Crippen LogP contribution in [0.2, 0.25) is 0 Å². The number of ether oxygens (including phenoxy) is 3. The summed E-state index contributed by atoms with van der Waals surface area (Å²) < 4.78 is 34.8. The zero-order valence-electron chi connectivity index (χ0n) is 19.4. The van der Waals surface area contributed by atoms with Crippen LogP contribution in [0.3, 0.4) is 0 Å². The lowest BCUT2D eigenvalue weighted by Crippen LogP contribution is -2.08. The molecule has 8 heteroatoms. The molecule has 32 heavy (non-hydrogen) atoms. The smallest absolute Gasteiger partial charge is 0.380 e. The Morgan fingerprint density at radius 2 is 1.69 bits per heavy atom. The Labute approximate surface area is 195 Å². The Kier molecular flexibility index (Phi) is 8.23. The van der Waals surface area contributed by atoms with E-state index in [-0.39, 0.29) is 12.0 Å². The molecule has 1 aliphatic rings. The molecule has 0 bridgehead atoms. The van der Waals surface area contributed by atoms with Crippen molar-refractivity contribution in [3.05, 3.63) is 53.1 Å². The lowest BCUT2D eigenvalue weighted by Gasteiger charge is -2.23. The Balaban J connectivity index is 1.92. The van der Waals surface area contributed by atoms with Gasteiger partial charge in [-0.05, 0) is 56.2 Å². The summed E-state index contributed by atoms with van der Waals surface area (Å²) in [6.07, 6.45) is 3.87. The Bertz CT molecular complexity index is 1010. The highest BCUT2D eigenvalue weighted by Crippen LogP contribution is 2.54. The van der Waals surface area contributed by atoms with E-state index in [1.54, 1.807) is 14.2 Å². The average Bonchev–Trinajstić information content (AvgIpc) is 3.10. The molecule has 2 aromatic carbocycles. The van der Waals surface area contributed by atoms with E-state index >= 15 is 0 Å². The van der Waals surface area contributed by atoms with E-state index in [9.17, 15) is 0 Å². The third kappa shape index (κ3) is 5.12. The number of allylic oxidation sites excluding steroid dienone is 1. The molecule has 0 aliphatic carbocycles. The van der Waals surface area contributed by atoms with Gasteiger partial charge >= 0.3 is 6.72 Å². The number of hydrogen-bond acceptors (Lipinski definition) is 7.